The van der Waals surface area contributed by atoms with Crippen molar-refractivity contribution in [2.45, 2.75) is 45.3 Å². The summed E-state index contributed by atoms with van der Waals surface area (Å²) in [4.78, 5) is 27.2. The van der Waals surface area contributed by atoms with Gasteiger partial charge >= 0.3 is 5.97 Å². The Morgan fingerprint density at radius 1 is 1.28 bits per heavy atom. The van der Waals surface area contributed by atoms with Gasteiger partial charge in [0.25, 0.3) is 5.69 Å². The summed E-state index contributed by atoms with van der Waals surface area (Å²) in [6.07, 6.45) is 9.05. The number of nitro groups is 1. The highest BCUT2D eigenvalue weighted by atomic mass is 16.6. The van der Waals surface area contributed by atoms with E-state index in [0.29, 0.717) is 5.56 Å². The van der Waals surface area contributed by atoms with Crippen LogP contribution in [0, 0.1) is 15.5 Å². The van der Waals surface area contributed by atoms with E-state index in [9.17, 15) is 14.9 Å². The Kier molecular flexibility index (Phi) is 4.83. The van der Waals surface area contributed by atoms with Crippen LogP contribution in [0.5, 0.6) is 0 Å². The van der Waals surface area contributed by atoms with Crippen LogP contribution in [-0.4, -0.2) is 20.4 Å². The number of non-ortho nitro benzene ring substituents is 1. The highest BCUT2D eigenvalue weighted by Gasteiger charge is 2.37. The number of aromatic nitrogens is 2. The fourth-order valence-corrected chi connectivity index (χ4v) is 3.25. The van der Waals surface area contributed by atoms with Crippen molar-refractivity contribution in [3.8, 4) is 0 Å². The van der Waals surface area contributed by atoms with Gasteiger partial charge in [-0.25, -0.2) is 4.98 Å². The van der Waals surface area contributed by atoms with E-state index >= 15 is 0 Å². The lowest BCUT2D eigenvalue weighted by Crippen LogP contribution is -2.34. The van der Waals surface area contributed by atoms with Gasteiger partial charge in [0.15, 0.2) is 0 Å². The molecule has 0 N–H and O–H groups in total. The number of nitrogens with zero attached hydrogens (tertiary/aromatic N) is 3. The van der Waals surface area contributed by atoms with E-state index in [-0.39, 0.29) is 11.7 Å². The van der Waals surface area contributed by atoms with Crippen LogP contribution in [0.15, 0.2) is 43.0 Å². The van der Waals surface area contributed by atoms with Crippen molar-refractivity contribution in [3.63, 3.8) is 0 Å². The molecule has 7 heteroatoms. The van der Waals surface area contributed by atoms with Crippen LogP contribution in [0.1, 0.15) is 50.8 Å². The van der Waals surface area contributed by atoms with Crippen LogP contribution in [0.2, 0.25) is 0 Å². The van der Waals surface area contributed by atoms with Gasteiger partial charge in [0.2, 0.25) is 6.23 Å². The maximum atomic E-state index is 12.8. The van der Waals surface area contributed by atoms with Crippen molar-refractivity contribution in [1.29, 1.82) is 0 Å². The molecule has 1 aliphatic rings. The van der Waals surface area contributed by atoms with Crippen molar-refractivity contribution < 1.29 is 14.5 Å². The largest absolute Gasteiger partial charge is 0.436 e. The maximum Gasteiger partial charge on any atom is 0.313 e. The van der Waals surface area contributed by atoms with Gasteiger partial charge in [0.05, 0.1) is 16.7 Å². The predicted molar refractivity (Wildman–Crippen MR) is 90.7 cm³/mol. The molecule has 1 saturated carbocycles. The minimum Gasteiger partial charge on any atom is -0.436 e. The molecular formula is C18H21N3O4. The Balaban J connectivity index is 1.85. The monoisotopic (exact) mass is 343 g/mol. The minimum absolute atomic E-state index is 0.00120. The van der Waals surface area contributed by atoms with Crippen LogP contribution < -0.4 is 0 Å². The summed E-state index contributed by atoms with van der Waals surface area (Å²) in [5.41, 5.74) is 0.188. The van der Waals surface area contributed by atoms with Crippen LogP contribution in [0.25, 0.3) is 0 Å². The van der Waals surface area contributed by atoms with Crippen LogP contribution in [0.3, 0.4) is 0 Å². The van der Waals surface area contributed by atoms with Gasteiger partial charge in [-0.05, 0) is 31.9 Å². The van der Waals surface area contributed by atoms with Crippen LogP contribution >= 0.6 is 0 Å². The number of hydrogen-bond acceptors (Lipinski definition) is 5. The van der Waals surface area contributed by atoms with E-state index in [0.717, 1.165) is 32.1 Å². The molecule has 2 aromatic rings. The van der Waals surface area contributed by atoms with Crippen molar-refractivity contribution in [3.05, 3.63) is 58.7 Å². The standard InChI is InChI=1S/C18H21N3O4/c1-18(9-3-2-4-10-18)17(22)25-16(20-12-11-19-13-20)14-5-7-15(8-6-14)21(23)24/h5-8,11-13,16H,2-4,9-10H2,1H3. The number of benzene rings is 1. The number of hydrogen-bond donors (Lipinski definition) is 0. The number of rotatable bonds is 5. The zero-order valence-corrected chi connectivity index (χ0v) is 14.1. The van der Waals surface area contributed by atoms with E-state index in [4.69, 9.17) is 4.74 Å². The molecule has 0 saturated heterocycles. The second kappa shape index (κ2) is 7.04. The van der Waals surface area contributed by atoms with Gasteiger partial charge in [-0.3, -0.25) is 19.5 Å². The lowest BCUT2D eigenvalue weighted by molar-refractivity contribution is -0.384. The van der Waals surface area contributed by atoms with Gasteiger partial charge in [-0.1, -0.05) is 19.3 Å². The quantitative estimate of drug-likeness (QED) is 0.467. The molecule has 1 atom stereocenters. The third-order valence-corrected chi connectivity index (χ3v) is 4.85. The molecule has 1 heterocycles. The number of carbonyl (C=O) groups is 1. The summed E-state index contributed by atoms with van der Waals surface area (Å²) in [7, 11) is 0. The van der Waals surface area contributed by atoms with Gasteiger partial charge in [0, 0.05) is 30.1 Å². The lowest BCUT2D eigenvalue weighted by atomic mass is 9.76. The third kappa shape index (κ3) is 3.70. The molecule has 1 aromatic heterocycles. The van der Waals surface area contributed by atoms with E-state index < -0.39 is 16.6 Å². The van der Waals surface area contributed by atoms with Crippen LogP contribution in [0.4, 0.5) is 5.69 Å². The molecule has 25 heavy (non-hydrogen) atoms. The fourth-order valence-electron chi connectivity index (χ4n) is 3.25. The first-order valence-electron chi connectivity index (χ1n) is 8.42. The summed E-state index contributed by atoms with van der Waals surface area (Å²) in [6.45, 7) is 1.95. The molecule has 0 aliphatic heterocycles. The molecule has 132 valence electrons. The van der Waals surface area contributed by atoms with E-state index in [2.05, 4.69) is 4.98 Å². The van der Waals surface area contributed by atoms with E-state index in [1.165, 1.54) is 12.1 Å². The average Bonchev–Trinajstić information content (AvgIpc) is 3.14. The zero-order valence-electron chi connectivity index (χ0n) is 14.1. The lowest BCUT2D eigenvalue weighted by Gasteiger charge is -2.33. The van der Waals surface area contributed by atoms with Crippen molar-refractivity contribution in [1.82, 2.24) is 9.55 Å². The minimum atomic E-state index is -0.686. The normalized spacial score (nSPS) is 17.6. The molecule has 7 nitrogen and oxygen atoms in total. The Labute approximate surface area is 145 Å². The molecule has 1 aliphatic carbocycles. The van der Waals surface area contributed by atoms with Gasteiger partial charge in [0.1, 0.15) is 0 Å². The Hall–Kier alpha value is -2.70. The Bertz CT molecular complexity index is 734. The van der Waals surface area contributed by atoms with Gasteiger partial charge < -0.3 is 4.74 Å². The molecule has 1 unspecified atom stereocenters. The summed E-state index contributed by atoms with van der Waals surface area (Å²) in [5, 5.41) is 10.8. The Morgan fingerprint density at radius 3 is 2.52 bits per heavy atom. The fraction of sp³-hybridized carbons (Fsp3) is 0.444. The number of ether oxygens (including phenoxy) is 1. The van der Waals surface area contributed by atoms with E-state index in [1.54, 1.807) is 35.4 Å². The topological polar surface area (TPSA) is 87.3 Å². The summed E-state index contributed by atoms with van der Waals surface area (Å²) < 4.78 is 7.52. The predicted octanol–water partition coefficient (Wildman–Crippen LogP) is 3.85. The molecular weight excluding hydrogens is 322 g/mol. The first kappa shape index (κ1) is 17.1. The molecule has 3 rings (SSSR count). The molecule has 0 radical (unpaired) electrons. The van der Waals surface area contributed by atoms with Gasteiger partial charge in [-0.15, -0.1) is 0 Å². The number of esters is 1. The highest BCUT2D eigenvalue weighted by Crippen LogP contribution is 2.38. The van der Waals surface area contributed by atoms with Crippen molar-refractivity contribution in [2.75, 3.05) is 0 Å². The van der Waals surface area contributed by atoms with Crippen LogP contribution in [-0.2, 0) is 9.53 Å². The second-order valence-electron chi connectivity index (χ2n) is 6.74. The van der Waals surface area contributed by atoms with Crippen molar-refractivity contribution >= 4 is 11.7 Å². The van der Waals surface area contributed by atoms with Gasteiger partial charge in [-0.2, -0.15) is 0 Å². The SMILES string of the molecule is CC1(C(=O)OC(c2ccc([N+](=O)[O-])cc2)n2ccnc2)CCCCC1. The zero-order chi connectivity index (χ0) is 17.9. The average molecular weight is 343 g/mol. The molecule has 0 spiro atoms. The number of imidazole rings is 1. The first-order valence-corrected chi connectivity index (χ1v) is 8.42. The number of nitro benzene ring substituents is 1. The second-order valence-corrected chi connectivity index (χ2v) is 6.74. The Morgan fingerprint density at radius 2 is 1.96 bits per heavy atom. The summed E-state index contributed by atoms with van der Waals surface area (Å²) >= 11 is 0. The molecule has 0 bridgehead atoms. The van der Waals surface area contributed by atoms with Crippen molar-refractivity contribution in [2.24, 2.45) is 5.41 Å². The first-order chi connectivity index (χ1) is 12.0. The summed E-state index contributed by atoms with van der Waals surface area (Å²) in [6, 6.07) is 6.05. The highest BCUT2D eigenvalue weighted by molar-refractivity contribution is 5.76. The molecule has 0 amide bonds. The smallest absolute Gasteiger partial charge is 0.313 e. The molecule has 1 fully saturated rings. The number of carbonyl (C=O) groups excluding carboxylic acids is 1. The maximum absolute atomic E-state index is 12.8. The molecule has 1 aromatic carbocycles. The third-order valence-electron chi connectivity index (χ3n) is 4.85. The summed E-state index contributed by atoms with van der Waals surface area (Å²) in [5.74, 6) is -0.232. The van der Waals surface area contributed by atoms with E-state index in [1.807, 2.05) is 6.92 Å².